The van der Waals surface area contributed by atoms with Crippen LogP contribution in [-0.2, 0) is 16.2 Å². The van der Waals surface area contributed by atoms with E-state index in [4.69, 9.17) is 16.3 Å². The Bertz CT molecular complexity index is 853. The molecule has 126 valence electrons. The molecule has 0 spiro atoms. The molecule has 0 aliphatic carbocycles. The summed E-state index contributed by atoms with van der Waals surface area (Å²) in [6, 6.07) is 13.4. The van der Waals surface area contributed by atoms with Crippen molar-refractivity contribution in [3.05, 3.63) is 70.3 Å². The summed E-state index contributed by atoms with van der Waals surface area (Å²) in [7, 11) is 0. The lowest BCUT2D eigenvalue weighted by molar-refractivity contribution is -0.123. The first kappa shape index (κ1) is 16.7. The Kier molecular flexibility index (Phi) is 4.81. The molecular weight excluding hydrogens is 344 g/mol. The summed E-state index contributed by atoms with van der Waals surface area (Å²) in [4.78, 5) is 34.5. The van der Waals surface area contributed by atoms with Gasteiger partial charge in [0.2, 0.25) is 0 Å². The fourth-order valence-corrected chi connectivity index (χ4v) is 2.34. The van der Waals surface area contributed by atoms with Gasteiger partial charge in [-0.15, -0.1) is 0 Å². The number of barbiturate groups is 1. The number of halogens is 1. The van der Waals surface area contributed by atoms with Crippen molar-refractivity contribution < 1.29 is 19.1 Å². The molecule has 0 bridgehead atoms. The lowest BCUT2D eigenvalue weighted by atomic mass is 10.1. The van der Waals surface area contributed by atoms with Crippen molar-refractivity contribution in [3.63, 3.8) is 0 Å². The van der Waals surface area contributed by atoms with E-state index in [9.17, 15) is 14.4 Å². The minimum absolute atomic E-state index is 0.144. The average molecular weight is 357 g/mol. The molecule has 1 saturated heterocycles. The monoisotopic (exact) mass is 356 g/mol. The van der Waals surface area contributed by atoms with Crippen molar-refractivity contribution in [3.8, 4) is 5.75 Å². The maximum atomic E-state index is 11.7. The molecule has 4 amide bonds. The minimum atomic E-state index is -0.827. The zero-order chi connectivity index (χ0) is 17.8. The Balaban J connectivity index is 1.74. The average Bonchev–Trinajstić information content (AvgIpc) is 2.58. The van der Waals surface area contributed by atoms with Gasteiger partial charge in [-0.3, -0.25) is 20.2 Å². The fourth-order valence-electron chi connectivity index (χ4n) is 2.21. The Hall–Kier alpha value is -3.12. The van der Waals surface area contributed by atoms with Crippen LogP contribution in [0.3, 0.4) is 0 Å². The van der Waals surface area contributed by atoms with E-state index in [-0.39, 0.29) is 5.57 Å². The normalized spacial score (nSPS) is 14.0. The third-order valence-electron chi connectivity index (χ3n) is 3.43. The number of hydrogen-bond acceptors (Lipinski definition) is 4. The van der Waals surface area contributed by atoms with Gasteiger partial charge in [-0.25, -0.2) is 4.79 Å². The number of carbonyl (C=O) groups is 3. The molecule has 1 aliphatic rings. The summed E-state index contributed by atoms with van der Waals surface area (Å²) >= 11 is 5.84. The maximum Gasteiger partial charge on any atom is 0.328 e. The zero-order valence-corrected chi connectivity index (χ0v) is 13.7. The van der Waals surface area contributed by atoms with Crippen molar-refractivity contribution >= 4 is 35.5 Å². The topological polar surface area (TPSA) is 84.5 Å². The molecule has 1 aliphatic heterocycles. The predicted molar refractivity (Wildman–Crippen MR) is 91.9 cm³/mol. The van der Waals surface area contributed by atoms with Crippen LogP contribution in [0.1, 0.15) is 11.1 Å². The van der Waals surface area contributed by atoms with Crippen LogP contribution in [0, 0.1) is 0 Å². The van der Waals surface area contributed by atoms with E-state index in [1.807, 2.05) is 22.8 Å². The molecule has 6 nitrogen and oxygen atoms in total. The Morgan fingerprint density at radius 2 is 1.64 bits per heavy atom. The first-order valence-electron chi connectivity index (χ1n) is 7.37. The second-order valence-corrected chi connectivity index (χ2v) is 5.72. The molecule has 2 N–H and O–H groups in total. The van der Waals surface area contributed by atoms with E-state index in [2.05, 4.69) is 0 Å². The molecule has 1 heterocycles. The largest absolute Gasteiger partial charge is 0.489 e. The van der Waals surface area contributed by atoms with Gasteiger partial charge in [-0.1, -0.05) is 35.9 Å². The highest BCUT2D eigenvalue weighted by molar-refractivity contribution is 6.31. The molecule has 2 aromatic carbocycles. The first-order valence-corrected chi connectivity index (χ1v) is 7.75. The SMILES string of the molecule is O=C1NC(=O)C(=Cc2cccc(OCc3ccc(Cl)cc3)c2)C(=O)N1. The third kappa shape index (κ3) is 4.24. The number of imide groups is 2. The predicted octanol–water partition coefficient (Wildman–Crippen LogP) is 2.67. The maximum absolute atomic E-state index is 11.7. The van der Waals surface area contributed by atoms with Gasteiger partial charge in [0.1, 0.15) is 17.9 Å². The number of urea groups is 1. The van der Waals surface area contributed by atoms with Crippen molar-refractivity contribution in [1.29, 1.82) is 0 Å². The second kappa shape index (κ2) is 7.19. The van der Waals surface area contributed by atoms with E-state index in [0.717, 1.165) is 5.56 Å². The van der Waals surface area contributed by atoms with Crippen LogP contribution in [0.4, 0.5) is 4.79 Å². The Morgan fingerprint density at radius 1 is 0.960 bits per heavy atom. The van der Waals surface area contributed by atoms with Crippen molar-refractivity contribution in [2.24, 2.45) is 0 Å². The highest BCUT2D eigenvalue weighted by Gasteiger charge is 2.27. The number of hydrogen-bond donors (Lipinski definition) is 2. The summed E-state index contributed by atoms with van der Waals surface area (Å²) < 4.78 is 5.70. The Labute approximate surface area is 148 Å². The van der Waals surface area contributed by atoms with Crippen LogP contribution in [-0.4, -0.2) is 17.8 Å². The van der Waals surface area contributed by atoms with E-state index in [1.54, 1.807) is 36.4 Å². The van der Waals surface area contributed by atoms with Crippen molar-refractivity contribution in [2.75, 3.05) is 0 Å². The molecule has 0 atom stereocenters. The van der Waals surface area contributed by atoms with Crippen LogP contribution < -0.4 is 15.4 Å². The molecule has 25 heavy (non-hydrogen) atoms. The highest BCUT2D eigenvalue weighted by Crippen LogP contribution is 2.19. The summed E-state index contributed by atoms with van der Waals surface area (Å²) in [5.74, 6) is -0.889. The third-order valence-corrected chi connectivity index (χ3v) is 3.68. The lowest BCUT2D eigenvalue weighted by Gasteiger charge is -2.14. The van der Waals surface area contributed by atoms with E-state index < -0.39 is 17.8 Å². The smallest absolute Gasteiger partial charge is 0.328 e. The minimum Gasteiger partial charge on any atom is -0.489 e. The molecule has 2 aromatic rings. The van der Waals surface area contributed by atoms with Gasteiger partial charge in [0.05, 0.1) is 0 Å². The fraction of sp³-hybridized carbons (Fsp3) is 0.0556. The quantitative estimate of drug-likeness (QED) is 0.651. The second-order valence-electron chi connectivity index (χ2n) is 5.28. The van der Waals surface area contributed by atoms with Gasteiger partial charge >= 0.3 is 6.03 Å². The van der Waals surface area contributed by atoms with Crippen LogP contribution in [0.15, 0.2) is 54.1 Å². The van der Waals surface area contributed by atoms with Gasteiger partial charge in [-0.2, -0.15) is 0 Å². The number of carbonyl (C=O) groups excluding carboxylic acids is 3. The first-order chi connectivity index (χ1) is 12.0. The van der Waals surface area contributed by atoms with E-state index >= 15 is 0 Å². The number of rotatable bonds is 4. The molecule has 0 radical (unpaired) electrons. The van der Waals surface area contributed by atoms with Gasteiger partial charge < -0.3 is 4.74 Å². The molecule has 3 rings (SSSR count). The molecule has 0 aromatic heterocycles. The molecular formula is C18H13ClN2O4. The molecule has 0 saturated carbocycles. The molecule has 7 heteroatoms. The Morgan fingerprint density at radius 3 is 2.32 bits per heavy atom. The summed E-state index contributed by atoms with van der Waals surface area (Å²) in [6.45, 7) is 0.354. The number of ether oxygens (including phenoxy) is 1. The van der Waals surface area contributed by atoms with Crippen molar-refractivity contribution in [2.45, 2.75) is 6.61 Å². The van der Waals surface area contributed by atoms with Crippen LogP contribution >= 0.6 is 11.6 Å². The zero-order valence-electron chi connectivity index (χ0n) is 12.9. The van der Waals surface area contributed by atoms with E-state index in [0.29, 0.717) is 22.9 Å². The lowest BCUT2D eigenvalue weighted by Crippen LogP contribution is -2.51. The summed E-state index contributed by atoms with van der Waals surface area (Å²) in [6.07, 6.45) is 1.40. The molecule has 1 fully saturated rings. The van der Waals surface area contributed by atoms with Crippen LogP contribution in [0.25, 0.3) is 6.08 Å². The highest BCUT2D eigenvalue weighted by atomic mass is 35.5. The van der Waals surface area contributed by atoms with E-state index in [1.165, 1.54) is 6.08 Å². The van der Waals surface area contributed by atoms with Gasteiger partial charge in [0.25, 0.3) is 11.8 Å². The van der Waals surface area contributed by atoms with Gasteiger partial charge in [-0.05, 0) is 41.5 Å². The van der Waals surface area contributed by atoms with Crippen molar-refractivity contribution in [1.82, 2.24) is 10.6 Å². The van der Waals surface area contributed by atoms with Gasteiger partial charge in [0, 0.05) is 5.02 Å². The standard InChI is InChI=1S/C18H13ClN2O4/c19-13-6-4-11(5-7-13)10-25-14-3-1-2-12(8-14)9-15-16(22)20-18(24)21-17(15)23/h1-9H,10H2,(H2,20,21,22,23,24). The van der Waals surface area contributed by atoms with Gasteiger partial charge in [0.15, 0.2) is 0 Å². The number of amides is 4. The van der Waals surface area contributed by atoms with Crippen LogP contribution in [0.2, 0.25) is 5.02 Å². The number of benzene rings is 2. The number of nitrogens with one attached hydrogen (secondary N) is 2. The van der Waals surface area contributed by atoms with Crippen LogP contribution in [0.5, 0.6) is 5.75 Å². The summed E-state index contributed by atoms with van der Waals surface area (Å²) in [5.41, 5.74) is 1.41. The summed E-state index contributed by atoms with van der Waals surface area (Å²) in [5, 5.41) is 4.70. The molecule has 0 unspecified atom stereocenters.